The molecule has 6 rings (SSSR count). The van der Waals surface area contributed by atoms with E-state index in [4.69, 9.17) is 14.2 Å². The molecule has 4 amide bonds. The van der Waals surface area contributed by atoms with E-state index in [9.17, 15) is 32.7 Å². The molecule has 3 heterocycles. The molecular formula is C35H45N5O10S. The van der Waals surface area contributed by atoms with Crippen molar-refractivity contribution >= 4 is 44.6 Å². The second kappa shape index (κ2) is 14.2. The van der Waals surface area contributed by atoms with Crippen molar-refractivity contribution in [2.75, 3.05) is 20.8 Å². The molecule has 0 bridgehead atoms. The number of allylic oxidation sites excluding steroid dienone is 1. The zero-order chi connectivity index (χ0) is 36.7. The van der Waals surface area contributed by atoms with E-state index in [1.54, 1.807) is 31.3 Å². The lowest BCUT2D eigenvalue weighted by Crippen LogP contribution is -2.59. The second-order valence-corrected chi connectivity index (χ2v) is 16.2. The normalized spacial score (nSPS) is 30.5. The lowest BCUT2D eigenvalue weighted by atomic mass is 9.88. The van der Waals surface area contributed by atoms with Gasteiger partial charge in [-0.1, -0.05) is 26.0 Å². The summed E-state index contributed by atoms with van der Waals surface area (Å²) in [5, 5.41) is 15.7. The fourth-order valence-corrected chi connectivity index (χ4v) is 8.72. The largest absolute Gasteiger partial charge is 0.493 e. The predicted octanol–water partition coefficient (Wildman–Crippen LogP) is 2.73. The number of pyridine rings is 1. The van der Waals surface area contributed by atoms with Gasteiger partial charge in [0.05, 0.1) is 26.0 Å². The van der Waals surface area contributed by atoms with Crippen LogP contribution in [0.4, 0.5) is 4.79 Å². The van der Waals surface area contributed by atoms with Crippen LogP contribution < -0.4 is 29.6 Å². The van der Waals surface area contributed by atoms with E-state index in [0.29, 0.717) is 42.6 Å². The quantitative estimate of drug-likeness (QED) is 0.291. The van der Waals surface area contributed by atoms with Crippen molar-refractivity contribution in [2.24, 2.45) is 17.8 Å². The SMILES string of the molecule is COc1cc2ccnc(O[C@@H]3C[C@H]4C(=O)N[C@]5(C(=O)NS(=O)(=O)C6CC6)C[C@H]5/C=C\CC[C@@H](C)C[C@@H](C)[C@H](NC(=O)O)C(=O)N4C3)c2cc1OC. The Bertz CT molecular complexity index is 1850. The summed E-state index contributed by atoms with van der Waals surface area (Å²) in [6, 6.07) is 2.93. The molecule has 51 heavy (non-hydrogen) atoms. The number of carboxylic acid groups (broad SMARTS) is 1. The van der Waals surface area contributed by atoms with E-state index >= 15 is 0 Å². The van der Waals surface area contributed by atoms with Crippen molar-refractivity contribution in [3.05, 3.63) is 36.5 Å². The smallest absolute Gasteiger partial charge is 0.405 e. The Balaban J connectivity index is 1.34. The van der Waals surface area contributed by atoms with Gasteiger partial charge in [0.15, 0.2) is 11.5 Å². The monoisotopic (exact) mass is 727 g/mol. The summed E-state index contributed by atoms with van der Waals surface area (Å²) in [7, 11) is -0.877. The van der Waals surface area contributed by atoms with Crippen LogP contribution in [0, 0.1) is 17.8 Å². The van der Waals surface area contributed by atoms with Gasteiger partial charge >= 0.3 is 6.09 Å². The third-order valence-electron chi connectivity index (χ3n) is 10.4. The Morgan fingerprint density at radius 1 is 1.08 bits per heavy atom. The Labute approximate surface area is 296 Å². The van der Waals surface area contributed by atoms with Crippen LogP contribution in [0.2, 0.25) is 0 Å². The van der Waals surface area contributed by atoms with Crippen molar-refractivity contribution in [1.29, 1.82) is 0 Å². The predicted molar refractivity (Wildman–Crippen MR) is 185 cm³/mol. The molecule has 15 nitrogen and oxygen atoms in total. The number of hydrogen-bond acceptors (Lipinski definition) is 10. The summed E-state index contributed by atoms with van der Waals surface area (Å²) in [6.45, 7) is 3.75. The molecule has 7 atom stereocenters. The molecule has 1 aromatic heterocycles. The molecule has 2 aliphatic carbocycles. The number of carbonyl (C=O) groups is 4. The molecule has 0 unspecified atom stereocenters. The summed E-state index contributed by atoms with van der Waals surface area (Å²) in [5.74, 6) is -1.66. The van der Waals surface area contributed by atoms with Gasteiger partial charge in [0.1, 0.15) is 23.7 Å². The third-order valence-corrected chi connectivity index (χ3v) is 12.2. The number of rotatable bonds is 8. The van der Waals surface area contributed by atoms with Gasteiger partial charge in [-0.25, -0.2) is 18.2 Å². The number of sulfonamides is 1. The Morgan fingerprint density at radius 3 is 2.49 bits per heavy atom. The highest BCUT2D eigenvalue weighted by Crippen LogP contribution is 2.46. The van der Waals surface area contributed by atoms with Gasteiger partial charge in [-0.2, -0.15) is 0 Å². The van der Waals surface area contributed by atoms with E-state index < -0.39 is 74.7 Å². The molecular weight excluding hydrogens is 682 g/mol. The van der Waals surface area contributed by atoms with Gasteiger partial charge in [-0.15, -0.1) is 0 Å². The molecule has 2 saturated carbocycles. The van der Waals surface area contributed by atoms with Crippen LogP contribution in [0.5, 0.6) is 17.4 Å². The van der Waals surface area contributed by atoms with Gasteiger partial charge in [0, 0.05) is 23.9 Å². The number of nitrogens with zero attached hydrogens (tertiary/aromatic N) is 2. The van der Waals surface area contributed by atoms with Crippen LogP contribution in [0.25, 0.3) is 10.8 Å². The molecule has 0 spiro atoms. The maximum atomic E-state index is 14.3. The van der Waals surface area contributed by atoms with Crippen molar-refractivity contribution < 1.29 is 46.9 Å². The molecule has 0 radical (unpaired) electrons. The van der Waals surface area contributed by atoms with Crippen molar-refractivity contribution in [2.45, 2.75) is 87.8 Å². The average Bonchev–Trinajstić information content (AvgIpc) is 4.01. The Hall–Kier alpha value is -4.60. The van der Waals surface area contributed by atoms with Crippen LogP contribution in [0.1, 0.15) is 58.8 Å². The Kier molecular flexibility index (Phi) is 10.1. The third kappa shape index (κ3) is 7.55. The fourth-order valence-electron chi connectivity index (χ4n) is 7.36. The highest BCUT2D eigenvalue weighted by atomic mass is 32.2. The molecule has 1 aromatic carbocycles. The first-order valence-electron chi connectivity index (χ1n) is 17.3. The van der Waals surface area contributed by atoms with E-state index in [1.165, 1.54) is 19.1 Å². The molecule has 3 fully saturated rings. The fraction of sp³-hybridized carbons (Fsp3) is 0.571. The molecule has 276 valence electrons. The van der Waals surface area contributed by atoms with E-state index in [0.717, 1.165) is 11.8 Å². The number of hydrogen-bond donors (Lipinski definition) is 4. The van der Waals surface area contributed by atoms with Crippen LogP contribution in [-0.4, -0.2) is 97.0 Å². The number of ether oxygens (including phenoxy) is 3. The zero-order valence-corrected chi connectivity index (χ0v) is 29.9. The van der Waals surface area contributed by atoms with Crippen molar-refractivity contribution in [3.63, 3.8) is 0 Å². The van der Waals surface area contributed by atoms with Crippen LogP contribution in [0.3, 0.4) is 0 Å². The number of fused-ring (bicyclic) bond motifs is 3. The lowest BCUT2D eigenvalue weighted by molar-refractivity contribution is -0.142. The van der Waals surface area contributed by atoms with Gasteiger partial charge in [0.2, 0.25) is 27.7 Å². The number of aromatic nitrogens is 1. The van der Waals surface area contributed by atoms with E-state index in [-0.39, 0.29) is 31.2 Å². The molecule has 2 aliphatic heterocycles. The van der Waals surface area contributed by atoms with Crippen molar-refractivity contribution in [1.82, 2.24) is 25.2 Å². The van der Waals surface area contributed by atoms with Gasteiger partial charge in [0.25, 0.3) is 5.91 Å². The standard InChI is InChI=1S/C35H45N5O10S/c1-19-7-5-6-8-22-17-35(22,33(43)39-51(46,47)24-9-10-24)38-30(41)26-15-23(18-40(26)32(42)29(20(2)13-19)37-34(44)45)50-31-25-16-28(49-4)27(48-3)14-21(25)11-12-36-31/h6,8,11-12,14,16,19-20,22-24,26,29,37H,5,7,9-10,13,15,17-18H2,1-4H3,(H,38,41)(H,39,43)(H,44,45)/b8-6-/t19-,20-,22-,23-,26+,29+,35-/m1/s1. The molecule has 2 aromatic rings. The number of amides is 4. The summed E-state index contributed by atoms with van der Waals surface area (Å²) in [4.78, 5) is 60.0. The maximum absolute atomic E-state index is 14.3. The topological polar surface area (TPSA) is 203 Å². The summed E-state index contributed by atoms with van der Waals surface area (Å²) in [6.07, 6.45) is 6.20. The lowest BCUT2D eigenvalue weighted by Gasteiger charge is -2.32. The highest BCUT2D eigenvalue weighted by Gasteiger charge is 2.62. The van der Waals surface area contributed by atoms with E-state index in [2.05, 4.69) is 20.3 Å². The summed E-state index contributed by atoms with van der Waals surface area (Å²) in [5.41, 5.74) is -1.53. The first-order valence-corrected chi connectivity index (χ1v) is 18.8. The minimum absolute atomic E-state index is 0.00785. The van der Waals surface area contributed by atoms with Crippen LogP contribution in [0.15, 0.2) is 36.5 Å². The first-order chi connectivity index (χ1) is 24.3. The minimum Gasteiger partial charge on any atom is -0.493 e. The number of benzene rings is 1. The van der Waals surface area contributed by atoms with Gasteiger partial charge in [-0.3, -0.25) is 19.1 Å². The van der Waals surface area contributed by atoms with Crippen LogP contribution >= 0.6 is 0 Å². The van der Waals surface area contributed by atoms with E-state index in [1.807, 2.05) is 19.1 Å². The molecule has 4 N–H and O–H groups in total. The summed E-state index contributed by atoms with van der Waals surface area (Å²) >= 11 is 0. The number of nitrogens with one attached hydrogen (secondary N) is 3. The number of carbonyl (C=O) groups excluding carboxylic acids is 3. The molecule has 1 saturated heterocycles. The Morgan fingerprint density at radius 2 is 1.80 bits per heavy atom. The zero-order valence-electron chi connectivity index (χ0n) is 29.1. The van der Waals surface area contributed by atoms with Gasteiger partial charge in [-0.05, 0) is 73.9 Å². The van der Waals surface area contributed by atoms with Gasteiger partial charge < -0.3 is 34.9 Å². The second-order valence-electron chi connectivity index (χ2n) is 14.2. The number of methoxy groups -OCH3 is 2. The van der Waals surface area contributed by atoms with Crippen LogP contribution in [-0.2, 0) is 24.4 Å². The summed E-state index contributed by atoms with van der Waals surface area (Å²) < 4.78 is 45.1. The van der Waals surface area contributed by atoms with Crippen molar-refractivity contribution in [3.8, 4) is 17.4 Å². The molecule has 4 aliphatic rings. The molecule has 16 heteroatoms. The minimum atomic E-state index is -3.91. The average molecular weight is 728 g/mol. The maximum Gasteiger partial charge on any atom is 0.405 e. The highest BCUT2D eigenvalue weighted by molar-refractivity contribution is 7.91. The first kappa shape index (κ1) is 36.2.